The summed E-state index contributed by atoms with van der Waals surface area (Å²) in [7, 11) is -4.37. The number of hydrogen-bond acceptors (Lipinski definition) is 4. The Labute approximate surface area is 145 Å². The number of nitrogens with one attached hydrogen (secondary N) is 1. The van der Waals surface area contributed by atoms with Gasteiger partial charge in [0.15, 0.2) is 0 Å². The fourth-order valence-electron chi connectivity index (χ4n) is 2.58. The topological polar surface area (TPSA) is 109 Å². The number of carbonyl (C=O) groups is 1. The summed E-state index contributed by atoms with van der Waals surface area (Å²) >= 11 is 0. The predicted octanol–water partition coefficient (Wildman–Crippen LogP) is 3.23. The molecule has 25 heavy (non-hydrogen) atoms. The molecule has 0 aliphatic carbocycles. The van der Waals surface area contributed by atoms with Gasteiger partial charge in [0, 0.05) is 27.7 Å². The van der Waals surface area contributed by atoms with Gasteiger partial charge < -0.3 is 11.1 Å². The second kappa shape index (κ2) is 6.19. The molecule has 128 valence electrons. The van der Waals surface area contributed by atoms with Crippen LogP contribution < -0.4 is 11.1 Å². The van der Waals surface area contributed by atoms with Gasteiger partial charge in [0.05, 0.1) is 0 Å². The maximum absolute atomic E-state index is 12.5. The number of nitrogen functional groups attached to an aromatic ring is 1. The number of anilines is 2. The van der Waals surface area contributed by atoms with Crippen LogP contribution in [-0.4, -0.2) is 18.9 Å². The fraction of sp³-hybridized carbons (Fsp3) is 0.0556. The average Bonchev–Trinajstić information content (AvgIpc) is 2.56. The molecule has 3 aromatic rings. The smallest absolute Gasteiger partial charge is 0.295 e. The number of amides is 1. The Kier molecular flexibility index (Phi) is 4.20. The lowest BCUT2D eigenvalue weighted by Crippen LogP contribution is -2.13. The van der Waals surface area contributed by atoms with Gasteiger partial charge in [-0.3, -0.25) is 9.35 Å². The molecular weight excluding hydrogens is 340 g/mol. The first-order chi connectivity index (χ1) is 11.8. The molecule has 0 aliphatic rings. The lowest BCUT2D eigenvalue weighted by Gasteiger charge is -2.12. The van der Waals surface area contributed by atoms with Crippen molar-refractivity contribution in [2.45, 2.75) is 11.8 Å². The van der Waals surface area contributed by atoms with Crippen molar-refractivity contribution in [1.29, 1.82) is 0 Å². The number of hydrogen-bond donors (Lipinski definition) is 3. The second-order valence-corrected chi connectivity index (χ2v) is 7.05. The largest absolute Gasteiger partial charge is 0.398 e. The van der Waals surface area contributed by atoms with E-state index in [1.807, 2.05) is 6.92 Å². The standard InChI is InChI=1S/C18H16N2O4S/c1-11-6-7-12(10-15(11)19)18(21)20-16-8-9-17(25(22,23)24)14-5-3-2-4-13(14)16/h2-10H,19H2,1H3,(H,20,21)(H,22,23,24). The maximum Gasteiger partial charge on any atom is 0.295 e. The van der Waals surface area contributed by atoms with Crippen molar-refractivity contribution in [2.75, 3.05) is 11.1 Å². The molecule has 0 spiro atoms. The zero-order chi connectivity index (χ0) is 18.2. The lowest BCUT2D eigenvalue weighted by atomic mass is 10.1. The van der Waals surface area contributed by atoms with Crippen molar-refractivity contribution < 1.29 is 17.8 Å². The minimum absolute atomic E-state index is 0.208. The summed E-state index contributed by atoms with van der Waals surface area (Å²) < 4.78 is 32.4. The van der Waals surface area contributed by atoms with Gasteiger partial charge in [-0.1, -0.05) is 30.3 Å². The molecule has 0 atom stereocenters. The lowest BCUT2D eigenvalue weighted by molar-refractivity contribution is 0.102. The molecule has 4 N–H and O–H groups in total. The number of aryl methyl sites for hydroxylation is 1. The summed E-state index contributed by atoms with van der Waals surface area (Å²) in [5.41, 5.74) is 8.05. The number of fused-ring (bicyclic) bond motifs is 1. The summed E-state index contributed by atoms with van der Waals surface area (Å²) in [4.78, 5) is 12.3. The minimum Gasteiger partial charge on any atom is -0.398 e. The van der Waals surface area contributed by atoms with Crippen LogP contribution >= 0.6 is 0 Å². The average molecular weight is 356 g/mol. The summed E-state index contributed by atoms with van der Waals surface area (Å²) in [6.07, 6.45) is 0. The Morgan fingerprint density at radius 2 is 1.72 bits per heavy atom. The number of benzene rings is 3. The van der Waals surface area contributed by atoms with E-state index < -0.39 is 10.1 Å². The highest BCUT2D eigenvalue weighted by Crippen LogP contribution is 2.29. The number of carbonyl (C=O) groups excluding carboxylic acids is 1. The molecular formula is C18H16N2O4S. The van der Waals surface area contributed by atoms with Crippen LogP contribution in [0.15, 0.2) is 59.5 Å². The number of rotatable bonds is 3. The van der Waals surface area contributed by atoms with Crippen molar-refractivity contribution in [3.05, 3.63) is 65.7 Å². The quantitative estimate of drug-likeness (QED) is 0.493. The van der Waals surface area contributed by atoms with Crippen molar-refractivity contribution in [3.63, 3.8) is 0 Å². The molecule has 1 amide bonds. The van der Waals surface area contributed by atoms with Gasteiger partial charge in [-0.25, -0.2) is 0 Å². The first kappa shape index (κ1) is 16.9. The van der Waals surface area contributed by atoms with Crippen LogP contribution in [0.5, 0.6) is 0 Å². The first-order valence-electron chi connectivity index (χ1n) is 7.44. The third kappa shape index (κ3) is 3.33. The summed E-state index contributed by atoms with van der Waals surface area (Å²) in [6.45, 7) is 1.85. The van der Waals surface area contributed by atoms with Crippen LogP contribution in [0, 0.1) is 6.92 Å². The van der Waals surface area contributed by atoms with Crippen molar-refractivity contribution in [3.8, 4) is 0 Å². The predicted molar refractivity (Wildman–Crippen MR) is 97.3 cm³/mol. The third-order valence-corrected chi connectivity index (χ3v) is 4.86. The van der Waals surface area contributed by atoms with Gasteiger partial charge in [-0.2, -0.15) is 8.42 Å². The molecule has 0 fully saturated rings. The van der Waals surface area contributed by atoms with Crippen molar-refractivity contribution >= 4 is 38.2 Å². The Morgan fingerprint density at radius 1 is 1.04 bits per heavy atom. The zero-order valence-corrected chi connectivity index (χ0v) is 14.2. The third-order valence-electron chi connectivity index (χ3n) is 3.95. The van der Waals surface area contributed by atoms with E-state index in [1.165, 1.54) is 12.1 Å². The molecule has 6 nitrogen and oxygen atoms in total. The van der Waals surface area contributed by atoms with Crippen LogP contribution in [0.3, 0.4) is 0 Å². The Hall–Kier alpha value is -2.90. The fourth-order valence-corrected chi connectivity index (χ4v) is 3.28. The number of nitrogens with two attached hydrogens (primary N) is 1. The van der Waals surface area contributed by atoms with Crippen LogP contribution in [0.4, 0.5) is 11.4 Å². The van der Waals surface area contributed by atoms with E-state index in [0.29, 0.717) is 27.7 Å². The highest BCUT2D eigenvalue weighted by molar-refractivity contribution is 7.86. The molecule has 0 unspecified atom stereocenters. The summed E-state index contributed by atoms with van der Waals surface area (Å²) in [6, 6.07) is 14.3. The normalized spacial score (nSPS) is 11.4. The van der Waals surface area contributed by atoms with Gasteiger partial charge in [-0.15, -0.1) is 0 Å². The van der Waals surface area contributed by atoms with Crippen LogP contribution in [0.2, 0.25) is 0 Å². The van der Waals surface area contributed by atoms with Gasteiger partial charge in [-0.05, 0) is 36.8 Å². The highest BCUT2D eigenvalue weighted by Gasteiger charge is 2.17. The van der Waals surface area contributed by atoms with Crippen LogP contribution in [0.1, 0.15) is 15.9 Å². The summed E-state index contributed by atoms with van der Waals surface area (Å²) in [5.74, 6) is -0.364. The molecule has 0 aliphatic heterocycles. The van der Waals surface area contributed by atoms with Crippen LogP contribution in [0.25, 0.3) is 10.8 Å². The molecule has 0 saturated heterocycles. The van der Waals surface area contributed by atoms with Crippen LogP contribution in [-0.2, 0) is 10.1 Å². The minimum atomic E-state index is -4.37. The molecule has 7 heteroatoms. The van der Waals surface area contributed by atoms with Gasteiger partial charge in [0.1, 0.15) is 4.90 Å². The Morgan fingerprint density at radius 3 is 2.36 bits per heavy atom. The first-order valence-corrected chi connectivity index (χ1v) is 8.88. The van der Waals surface area contributed by atoms with E-state index >= 15 is 0 Å². The molecule has 0 saturated carbocycles. The maximum atomic E-state index is 12.5. The van der Waals surface area contributed by atoms with E-state index in [1.54, 1.807) is 42.5 Å². The van der Waals surface area contributed by atoms with Gasteiger partial charge >= 0.3 is 0 Å². The Bertz CT molecular complexity index is 1090. The van der Waals surface area contributed by atoms with Gasteiger partial charge in [0.25, 0.3) is 16.0 Å². The van der Waals surface area contributed by atoms with E-state index in [2.05, 4.69) is 5.32 Å². The zero-order valence-electron chi connectivity index (χ0n) is 13.4. The SMILES string of the molecule is Cc1ccc(C(=O)Nc2ccc(S(=O)(=O)O)c3ccccc23)cc1N. The molecule has 0 heterocycles. The van der Waals surface area contributed by atoms with E-state index in [4.69, 9.17) is 5.73 Å². The van der Waals surface area contributed by atoms with Gasteiger partial charge in [0.2, 0.25) is 0 Å². The van der Waals surface area contributed by atoms with E-state index in [-0.39, 0.29) is 10.8 Å². The molecule has 3 rings (SSSR count). The summed E-state index contributed by atoms with van der Waals surface area (Å²) in [5, 5.41) is 3.59. The highest BCUT2D eigenvalue weighted by atomic mass is 32.2. The second-order valence-electron chi connectivity index (χ2n) is 5.66. The Balaban J connectivity index is 2.05. The molecule has 3 aromatic carbocycles. The monoisotopic (exact) mass is 356 g/mol. The van der Waals surface area contributed by atoms with Crippen molar-refractivity contribution in [2.24, 2.45) is 0 Å². The molecule has 0 aromatic heterocycles. The molecule has 0 bridgehead atoms. The van der Waals surface area contributed by atoms with E-state index in [0.717, 1.165) is 5.56 Å². The van der Waals surface area contributed by atoms with E-state index in [9.17, 15) is 17.8 Å². The van der Waals surface area contributed by atoms with Crippen molar-refractivity contribution in [1.82, 2.24) is 0 Å². The molecule has 0 radical (unpaired) electrons.